The van der Waals surface area contributed by atoms with Gasteiger partial charge in [0.25, 0.3) is 0 Å². The van der Waals surface area contributed by atoms with Crippen LogP contribution in [-0.4, -0.2) is 12.6 Å². The molecule has 0 aliphatic rings. The topological polar surface area (TPSA) is 26.3 Å². The average molecular weight is 494 g/mol. The highest BCUT2D eigenvalue weighted by Crippen LogP contribution is 2.35. The van der Waals surface area contributed by atoms with Gasteiger partial charge in [-0.3, -0.25) is 0 Å². The molecule has 0 fully saturated rings. The first-order chi connectivity index (χ1) is 7.95. The minimum atomic E-state index is -0.308. The van der Waals surface area contributed by atoms with E-state index in [1.807, 2.05) is 6.07 Å². The monoisotopic (exact) mass is 490 g/mol. The van der Waals surface area contributed by atoms with Gasteiger partial charge in [-0.1, -0.05) is 69.8 Å². The Kier molecular flexibility index (Phi) is 6.69. The van der Waals surface area contributed by atoms with E-state index < -0.39 is 0 Å². The molecule has 94 valence electrons. The van der Waals surface area contributed by atoms with Crippen LogP contribution in [0.5, 0.6) is 0 Å². The van der Waals surface area contributed by atoms with Crippen LogP contribution in [0.25, 0.3) is 0 Å². The number of carbonyl (C=O) groups is 1. The van der Waals surface area contributed by atoms with Crippen LogP contribution < -0.4 is 0 Å². The highest BCUT2D eigenvalue weighted by Gasteiger charge is 2.14. The second kappa shape index (κ2) is 7.26. The predicted molar refractivity (Wildman–Crippen MR) is 83.6 cm³/mol. The van der Waals surface area contributed by atoms with Crippen LogP contribution in [0.1, 0.15) is 35.9 Å². The zero-order valence-electron chi connectivity index (χ0n) is 8.92. The third kappa shape index (κ3) is 4.65. The van der Waals surface area contributed by atoms with Crippen LogP contribution in [0.3, 0.4) is 0 Å². The molecule has 1 rings (SSSR count). The highest BCUT2D eigenvalue weighted by molar-refractivity contribution is 9.24. The third-order valence-electron chi connectivity index (χ3n) is 1.99. The fraction of sp³-hybridized carbons (Fsp3) is 0.364. The van der Waals surface area contributed by atoms with Gasteiger partial charge in [0.05, 0.1) is 19.6 Å². The standard InChI is InChI=1S/C11H10Br4O2/c1-2-17-11(16)8-4-6(9(12)13)3-7(5-8)10(14)15/h3-5,9-10H,2H2,1H3. The fourth-order valence-corrected chi connectivity index (χ4v) is 2.32. The molecule has 0 radical (unpaired) electrons. The Morgan fingerprint density at radius 2 is 1.59 bits per heavy atom. The van der Waals surface area contributed by atoms with Crippen molar-refractivity contribution in [3.8, 4) is 0 Å². The smallest absolute Gasteiger partial charge is 0.338 e. The lowest BCUT2D eigenvalue weighted by Gasteiger charge is -2.11. The van der Waals surface area contributed by atoms with E-state index in [9.17, 15) is 4.79 Å². The van der Waals surface area contributed by atoms with Crippen LogP contribution in [0.15, 0.2) is 18.2 Å². The number of rotatable bonds is 4. The summed E-state index contributed by atoms with van der Waals surface area (Å²) >= 11 is 13.7. The molecule has 1 aromatic rings. The van der Waals surface area contributed by atoms with Crippen molar-refractivity contribution in [1.82, 2.24) is 0 Å². The van der Waals surface area contributed by atoms with Gasteiger partial charge < -0.3 is 4.74 Å². The lowest BCUT2D eigenvalue weighted by atomic mass is 10.1. The van der Waals surface area contributed by atoms with Gasteiger partial charge in [0.2, 0.25) is 0 Å². The Bertz CT molecular complexity index is 378. The number of ether oxygens (including phenoxy) is 1. The molecule has 1 aromatic carbocycles. The lowest BCUT2D eigenvalue weighted by Crippen LogP contribution is -2.06. The predicted octanol–water partition coefficient (Wildman–Crippen LogP) is 5.44. The lowest BCUT2D eigenvalue weighted by molar-refractivity contribution is 0.0526. The second-order valence-electron chi connectivity index (χ2n) is 3.21. The van der Waals surface area contributed by atoms with Gasteiger partial charge in [0, 0.05) is 0 Å². The van der Waals surface area contributed by atoms with Gasteiger partial charge in [-0.05, 0) is 30.2 Å². The summed E-state index contributed by atoms with van der Waals surface area (Å²) in [5, 5.41) is 0. The third-order valence-corrected chi connectivity index (χ3v) is 4.11. The van der Waals surface area contributed by atoms with Crippen LogP contribution in [0.4, 0.5) is 0 Å². The molecule has 0 aliphatic carbocycles. The Morgan fingerprint density at radius 3 is 1.94 bits per heavy atom. The van der Waals surface area contributed by atoms with Crippen molar-refractivity contribution >= 4 is 69.7 Å². The Balaban J connectivity index is 3.16. The molecule has 17 heavy (non-hydrogen) atoms. The summed E-state index contributed by atoms with van der Waals surface area (Å²) in [5.41, 5.74) is 2.48. The molecule has 0 aromatic heterocycles. The van der Waals surface area contributed by atoms with Gasteiger partial charge in [0.15, 0.2) is 0 Å². The SMILES string of the molecule is CCOC(=O)c1cc(C(Br)Br)cc(C(Br)Br)c1. The van der Waals surface area contributed by atoms with Crippen molar-refractivity contribution in [3.05, 3.63) is 34.9 Å². The Hall–Kier alpha value is 0.610. The number of halogens is 4. The van der Waals surface area contributed by atoms with Crippen molar-refractivity contribution in [2.24, 2.45) is 0 Å². The quantitative estimate of drug-likeness (QED) is 0.412. The molecular formula is C11H10Br4O2. The summed E-state index contributed by atoms with van der Waals surface area (Å²) in [4.78, 5) is 11.7. The summed E-state index contributed by atoms with van der Waals surface area (Å²) in [6, 6.07) is 5.60. The van der Waals surface area contributed by atoms with E-state index >= 15 is 0 Å². The number of esters is 1. The van der Waals surface area contributed by atoms with E-state index in [4.69, 9.17) is 4.74 Å². The van der Waals surface area contributed by atoms with Crippen molar-refractivity contribution in [2.75, 3.05) is 6.61 Å². The van der Waals surface area contributed by atoms with Gasteiger partial charge in [-0.2, -0.15) is 0 Å². The zero-order valence-corrected chi connectivity index (χ0v) is 15.3. The van der Waals surface area contributed by atoms with Crippen LogP contribution in [0.2, 0.25) is 0 Å². The maximum Gasteiger partial charge on any atom is 0.338 e. The molecule has 0 spiro atoms. The highest BCUT2D eigenvalue weighted by atomic mass is 79.9. The van der Waals surface area contributed by atoms with E-state index in [2.05, 4.69) is 63.7 Å². The van der Waals surface area contributed by atoms with Crippen molar-refractivity contribution in [1.29, 1.82) is 0 Å². The molecule has 0 amide bonds. The molecule has 0 N–H and O–H groups in total. The molecule has 0 saturated carbocycles. The molecule has 2 nitrogen and oxygen atoms in total. The summed E-state index contributed by atoms with van der Waals surface area (Å²) in [6.45, 7) is 2.16. The normalized spacial score (nSPS) is 11.0. The van der Waals surface area contributed by atoms with Crippen molar-refractivity contribution < 1.29 is 9.53 Å². The summed E-state index contributed by atoms with van der Waals surface area (Å²) in [5.74, 6) is -0.308. The number of hydrogen-bond donors (Lipinski definition) is 0. The summed E-state index contributed by atoms with van der Waals surface area (Å²) in [7, 11) is 0. The molecule has 0 unspecified atom stereocenters. The van der Waals surface area contributed by atoms with Gasteiger partial charge in [0.1, 0.15) is 0 Å². The minimum absolute atomic E-state index is 0.00174. The van der Waals surface area contributed by atoms with E-state index in [1.54, 1.807) is 19.1 Å². The number of benzene rings is 1. The van der Waals surface area contributed by atoms with Crippen molar-refractivity contribution in [2.45, 2.75) is 14.4 Å². The zero-order chi connectivity index (χ0) is 13.0. The van der Waals surface area contributed by atoms with E-state index in [-0.39, 0.29) is 13.4 Å². The first-order valence-corrected chi connectivity index (χ1v) is 8.50. The summed E-state index contributed by atoms with van der Waals surface area (Å²) < 4.78 is 5.00. The largest absolute Gasteiger partial charge is 0.462 e. The van der Waals surface area contributed by atoms with E-state index in [0.29, 0.717) is 12.2 Å². The number of alkyl halides is 4. The number of carbonyl (C=O) groups excluding carboxylic acids is 1. The second-order valence-corrected chi connectivity index (χ2v) is 9.33. The Labute approximate surface area is 134 Å². The molecule has 0 atom stereocenters. The van der Waals surface area contributed by atoms with Gasteiger partial charge >= 0.3 is 5.97 Å². The molecule has 6 heteroatoms. The van der Waals surface area contributed by atoms with Crippen LogP contribution in [0, 0.1) is 0 Å². The fourth-order valence-electron chi connectivity index (χ4n) is 1.26. The van der Waals surface area contributed by atoms with E-state index in [1.165, 1.54) is 0 Å². The van der Waals surface area contributed by atoms with E-state index in [0.717, 1.165) is 11.1 Å². The van der Waals surface area contributed by atoms with Crippen LogP contribution >= 0.6 is 63.7 Å². The maximum absolute atomic E-state index is 11.7. The van der Waals surface area contributed by atoms with Crippen LogP contribution in [-0.2, 0) is 4.74 Å². The first kappa shape index (κ1) is 15.7. The molecule has 0 bridgehead atoms. The molecular weight excluding hydrogens is 484 g/mol. The Morgan fingerprint density at radius 1 is 1.12 bits per heavy atom. The molecule has 0 saturated heterocycles. The number of hydrogen-bond acceptors (Lipinski definition) is 2. The molecule has 0 heterocycles. The summed E-state index contributed by atoms with van der Waals surface area (Å²) in [6.07, 6.45) is 0. The van der Waals surface area contributed by atoms with Gasteiger partial charge in [-0.15, -0.1) is 0 Å². The average Bonchev–Trinajstić information content (AvgIpc) is 2.28. The molecule has 0 aliphatic heterocycles. The minimum Gasteiger partial charge on any atom is -0.462 e. The van der Waals surface area contributed by atoms with Crippen molar-refractivity contribution in [3.63, 3.8) is 0 Å². The first-order valence-electron chi connectivity index (χ1n) is 4.84. The maximum atomic E-state index is 11.7. The van der Waals surface area contributed by atoms with Gasteiger partial charge in [-0.25, -0.2) is 4.79 Å².